The molecule has 92 valence electrons. The maximum atomic E-state index is 12.1. The second kappa shape index (κ2) is 5.29. The lowest BCUT2D eigenvalue weighted by Gasteiger charge is -2.17. The SMILES string of the molecule is CC(Br)CCN(C)S(=O)(=O)c1ccnn1C. The highest BCUT2D eigenvalue weighted by atomic mass is 79.9. The molecule has 1 aromatic heterocycles. The summed E-state index contributed by atoms with van der Waals surface area (Å²) in [5, 5.41) is 4.08. The fourth-order valence-electron chi connectivity index (χ4n) is 1.25. The molecule has 1 rings (SSSR count). The molecular formula is C9H16BrN3O2S. The Kier molecular flexibility index (Phi) is 4.52. The van der Waals surface area contributed by atoms with Crippen LogP contribution in [0, 0.1) is 0 Å². The Labute approximate surface area is 105 Å². The lowest BCUT2D eigenvalue weighted by Crippen LogP contribution is -2.30. The van der Waals surface area contributed by atoms with Gasteiger partial charge in [0.05, 0.1) is 6.20 Å². The fraction of sp³-hybridized carbons (Fsp3) is 0.667. The Morgan fingerprint density at radius 1 is 1.62 bits per heavy atom. The van der Waals surface area contributed by atoms with E-state index >= 15 is 0 Å². The maximum Gasteiger partial charge on any atom is 0.259 e. The first-order chi connectivity index (χ1) is 7.35. The van der Waals surface area contributed by atoms with Crippen molar-refractivity contribution >= 4 is 26.0 Å². The standard InChI is InChI=1S/C9H16BrN3O2S/c1-8(10)5-7-12(2)16(14,15)9-4-6-11-13(9)3/h4,6,8H,5,7H2,1-3H3. The van der Waals surface area contributed by atoms with Crippen molar-refractivity contribution < 1.29 is 8.42 Å². The summed E-state index contributed by atoms with van der Waals surface area (Å²) >= 11 is 3.39. The van der Waals surface area contributed by atoms with Crippen LogP contribution in [0.5, 0.6) is 0 Å². The molecule has 1 unspecified atom stereocenters. The highest BCUT2D eigenvalue weighted by Gasteiger charge is 2.23. The van der Waals surface area contributed by atoms with E-state index in [-0.39, 0.29) is 5.03 Å². The molecule has 5 nitrogen and oxygen atoms in total. The molecule has 0 fully saturated rings. The van der Waals surface area contributed by atoms with Crippen molar-refractivity contribution in [3.05, 3.63) is 12.3 Å². The topological polar surface area (TPSA) is 55.2 Å². The number of nitrogens with zero attached hydrogens (tertiary/aromatic N) is 3. The van der Waals surface area contributed by atoms with Crippen molar-refractivity contribution in [3.63, 3.8) is 0 Å². The normalized spacial score (nSPS) is 14.3. The molecule has 0 bridgehead atoms. The molecule has 0 aliphatic carbocycles. The third-order valence-electron chi connectivity index (χ3n) is 2.29. The van der Waals surface area contributed by atoms with Crippen LogP contribution in [0.25, 0.3) is 0 Å². The van der Waals surface area contributed by atoms with Gasteiger partial charge < -0.3 is 0 Å². The van der Waals surface area contributed by atoms with Gasteiger partial charge in [0.15, 0.2) is 5.03 Å². The zero-order valence-electron chi connectivity index (χ0n) is 9.59. The van der Waals surface area contributed by atoms with E-state index in [0.717, 1.165) is 6.42 Å². The van der Waals surface area contributed by atoms with Gasteiger partial charge in [-0.3, -0.25) is 4.68 Å². The first-order valence-electron chi connectivity index (χ1n) is 4.94. The van der Waals surface area contributed by atoms with Crippen molar-refractivity contribution in [3.8, 4) is 0 Å². The minimum absolute atomic E-state index is 0.220. The number of sulfonamides is 1. The number of halogens is 1. The molecule has 1 aromatic rings. The van der Waals surface area contributed by atoms with Crippen molar-refractivity contribution in [1.29, 1.82) is 0 Å². The van der Waals surface area contributed by atoms with Gasteiger partial charge in [-0.25, -0.2) is 8.42 Å². The van der Waals surface area contributed by atoms with Crippen LogP contribution in [-0.2, 0) is 17.1 Å². The van der Waals surface area contributed by atoms with Gasteiger partial charge in [0.1, 0.15) is 0 Å². The highest BCUT2D eigenvalue weighted by Crippen LogP contribution is 2.14. The van der Waals surface area contributed by atoms with Crippen LogP contribution in [0.3, 0.4) is 0 Å². The molecule has 1 atom stereocenters. The number of hydrogen-bond donors (Lipinski definition) is 0. The smallest absolute Gasteiger partial charge is 0.256 e. The number of alkyl halides is 1. The Morgan fingerprint density at radius 2 is 2.25 bits per heavy atom. The summed E-state index contributed by atoms with van der Waals surface area (Å²) in [5.41, 5.74) is 0. The molecule has 0 amide bonds. The Bertz CT molecular complexity index is 441. The van der Waals surface area contributed by atoms with Gasteiger partial charge in [0.25, 0.3) is 10.0 Å². The summed E-state index contributed by atoms with van der Waals surface area (Å²) in [6.07, 6.45) is 2.25. The minimum atomic E-state index is -3.41. The molecule has 7 heteroatoms. The lowest BCUT2D eigenvalue weighted by molar-refractivity contribution is 0.453. The number of rotatable bonds is 5. The lowest BCUT2D eigenvalue weighted by atomic mass is 10.3. The van der Waals surface area contributed by atoms with Gasteiger partial charge in [-0.1, -0.05) is 22.9 Å². The third kappa shape index (κ3) is 3.05. The van der Waals surface area contributed by atoms with Crippen LogP contribution in [-0.4, -0.2) is 40.9 Å². The Balaban J connectivity index is 2.83. The number of aromatic nitrogens is 2. The predicted octanol–water partition coefficient (Wildman–Crippen LogP) is 1.21. The van der Waals surface area contributed by atoms with Crippen molar-refractivity contribution in [2.45, 2.75) is 23.2 Å². The van der Waals surface area contributed by atoms with Crippen LogP contribution in [0.15, 0.2) is 17.3 Å². The van der Waals surface area contributed by atoms with Crippen molar-refractivity contribution in [2.24, 2.45) is 7.05 Å². The van der Waals surface area contributed by atoms with Gasteiger partial charge in [-0.2, -0.15) is 9.40 Å². The summed E-state index contributed by atoms with van der Waals surface area (Å²) in [5.74, 6) is 0. The average Bonchev–Trinajstić information content (AvgIpc) is 2.61. The van der Waals surface area contributed by atoms with E-state index in [1.54, 1.807) is 14.1 Å². The Morgan fingerprint density at radius 3 is 2.69 bits per heavy atom. The zero-order valence-corrected chi connectivity index (χ0v) is 12.0. The average molecular weight is 310 g/mol. The van der Waals surface area contributed by atoms with Crippen LogP contribution in [0.2, 0.25) is 0 Å². The van der Waals surface area contributed by atoms with E-state index < -0.39 is 10.0 Å². The minimum Gasteiger partial charge on any atom is -0.256 e. The maximum absolute atomic E-state index is 12.1. The fourth-order valence-corrected chi connectivity index (χ4v) is 2.74. The van der Waals surface area contributed by atoms with Crippen molar-refractivity contribution in [2.75, 3.05) is 13.6 Å². The summed E-state index contributed by atoms with van der Waals surface area (Å²) in [4.78, 5) is 0.302. The van der Waals surface area contributed by atoms with Gasteiger partial charge in [-0.15, -0.1) is 0 Å². The molecule has 16 heavy (non-hydrogen) atoms. The van der Waals surface area contributed by atoms with E-state index in [1.807, 2.05) is 6.92 Å². The molecule has 0 aliphatic heterocycles. The summed E-state index contributed by atoms with van der Waals surface area (Å²) in [6, 6.07) is 1.50. The second-order valence-corrected chi connectivity index (χ2v) is 7.24. The van der Waals surface area contributed by atoms with Crippen LogP contribution < -0.4 is 0 Å². The molecule has 0 N–H and O–H groups in total. The molecule has 0 aromatic carbocycles. The molecule has 0 spiro atoms. The van der Waals surface area contributed by atoms with Crippen LogP contribution in [0.1, 0.15) is 13.3 Å². The molecular weight excluding hydrogens is 294 g/mol. The van der Waals surface area contributed by atoms with Gasteiger partial charge in [0, 0.05) is 25.5 Å². The number of aryl methyl sites for hydroxylation is 1. The molecule has 1 heterocycles. The van der Waals surface area contributed by atoms with E-state index in [2.05, 4.69) is 21.0 Å². The third-order valence-corrected chi connectivity index (χ3v) is 4.68. The summed E-state index contributed by atoms with van der Waals surface area (Å²) in [6.45, 7) is 2.48. The predicted molar refractivity (Wildman–Crippen MR) is 66.0 cm³/mol. The molecule has 0 radical (unpaired) electrons. The van der Waals surface area contributed by atoms with E-state index in [1.165, 1.54) is 21.3 Å². The number of hydrogen-bond acceptors (Lipinski definition) is 3. The quantitative estimate of drug-likeness (QED) is 0.768. The molecule has 0 aliphatic rings. The summed E-state index contributed by atoms with van der Waals surface area (Å²) in [7, 11) is -0.209. The first kappa shape index (κ1) is 13.7. The van der Waals surface area contributed by atoms with E-state index in [9.17, 15) is 8.42 Å². The second-order valence-electron chi connectivity index (χ2n) is 3.69. The van der Waals surface area contributed by atoms with Gasteiger partial charge in [-0.05, 0) is 12.5 Å². The van der Waals surface area contributed by atoms with Gasteiger partial charge >= 0.3 is 0 Å². The van der Waals surface area contributed by atoms with Crippen LogP contribution in [0.4, 0.5) is 0 Å². The van der Waals surface area contributed by atoms with E-state index in [0.29, 0.717) is 11.4 Å². The molecule has 0 saturated heterocycles. The highest BCUT2D eigenvalue weighted by molar-refractivity contribution is 9.09. The van der Waals surface area contributed by atoms with E-state index in [4.69, 9.17) is 0 Å². The summed E-state index contributed by atoms with van der Waals surface area (Å²) < 4.78 is 26.9. The monoisotopic (exact) mass is 309 g/mol. The Hall–Kier alpha value is -0.400. The largest absolute Gasteiger partial charge is 0.259 e. The van der Waals surface area contributed by atoms with Gasteiger partial charge in [0.2, 0.25) is 0 Å². The first-order valence-corrected chi connectivity index (χ1v) is 7.29. The zero-order chi connectivity index (χ0) is 12.3. The molecule has 0 saturated carbocycles. The van der Waals surface area contributed by atoms with Crippen molar-refractivity contribution in [1.82, 2.24) is 14.1 Å². The van der Waals surface area contributed by atoms with Crippen LogP contribution >= 0.6 is 15.9 Å².